The molecular formula is C18H18INO3S. The largest absolute Gasteiger partial charge is 0.493 e. The Bertz CT molecular complexity index is 736. The number of carbonyl (C=O) groups is 1. The van der Waals surface area contributed by atoms with E-state index in [9.17, 15) is 4.79 Å². The number of thioether (sulfide) groups is 1. The van der Waals surface area contributed by atoms with Gasteiger partial charge in [0.05, 0.1) is 14.2 Å². The second kappa shape index (κ2) is 7.65. The van der Waals surface area contributed by atoms with Crippen LogP contribution in [-0.2, 0) is 0 Å². The fourth-order valence-corrected chi connectivity index (χ4v) is 4.32. The Labute approximate surface area is 159 Å². The van der Waals surface area contributed by atoms with Crippen LogP contribution in [0.1, 0.15) is 21.3 Å². The topological polar surface area (TPSA) is 38.8 Å². The number of hydrogen-bond acceptors (Lipinski definition) is 4. The summed E-state index contributed by atoms with van der Waals surface area (Å²) in [6.45, 7) is 0.745. The van der Waals surface area contributed by atoms with Gasteiger partial charge in [0.25, 0.3) is 5.91 Å². The average Bonchev–Trinajstić information content (AvgIpc) is 3.10. The van der Waals surface area contributed by atoms with E-state index in [1.807, 2.05) is 47.4 Å². The third kappa shape index (κ3) is 3.49. The molecule has 0 aromatic heterocycles. The van der Waals surface area contributed by atoms with Gasteiger partial charge in [-0.1, -0.05) is 6.07 Å². The number of benzene rings is 2. The molecule has 6 heteroatoms. The molecule has 1 amide bonds. The summed E-state index contributed by atoms with van der Waals surface area (Å²) in [5.74, 6) is 2.37. The van der Waals surface area contributed by atoms with Crippen molar-refractivity contribution in [1.82, 2.24) is 4.90 Å². The Morgan fingerprint density at radius 2 is 1.83 bits per heavy atom. The van der Waals surface area contributed by atoms with E-state index >= 15 is 0 Å². The second-order valence-electron chi connectivity index (χ2n) is 5.34. The van der Waals surface area contributed by atoms with Crippen LogP contribution >= 0.6 is 34.4 Å². The molecular weight excluding hydrogens is 437 g/mol. The second-order valence-corrected chi connectivity index (χ2v) is 7.78. The molecule has 0 spiro atoms. The highest BCUT2D eigenvalue weighted by atomic mass is 127. The quantitative estimate of drug-likeness (QED) is 0.649. The molecule has 1 aliphatic heterocycles. The third-order valence-electron chi connectivity index (χ3n) is 3.94. The SMILES string of the molecule is COc1ccc(C2SCCN2C(=O)c2ccc(I)cc2)cc1OC. The van der Waals surface area contributed by atoms with E-state index in [2.05, 4.69) is 22.6 Å². The van der Waals surface area contributed by atoms with E-state index in [-0.39, 0.29) is 11.3 Å². The maximum absolute atomic E-state index is 12.9. The number of hydrogen-bond donors (Lipinski definition) is 0. The van der Waals surface area contributed by atoms with Gasteiger partial charge in [0.1, 0.15) is 5.37 Å². The lowest BCUT2D eigenvalue weighted by atomic mass is 10.1. The van der Waals surface area contributed by atoms with Gasteiger partial charge in [-0.25, -0.2) is 0 Å². The highest BCUT2D eigenvalue weighted by Gasteiger charge is 2.31. The van der Waals surface area contributed by atoms with Crippen molar-refractivity contribution in [1.29, 1.82) is 0 Å². The molecule has 126 valence electrons. The molecule has 1 atom stereocenters. The van der Waals surface area contributed by atoms with Gasteiger partial charge >= 0.3 is 0 Å². The van der Waals surface area contributed by atoms with E-state index in [1.165, 1.54) is 0 Å². The molecule has 1 heterocycles. The predicted molar refractivity (Wildman–Crippen MR) is 105 cm³/mol. The van der Waals surface area contributed by atoms with E-state index in [1.54, 1.807) is 26.0 Å². The summed E-state index contributed by atoms with van der Waals surface area (Å²) >= 11 is 4.01. The van der Waals surface area contributed by atoms with Crippen molar-refractivity contribution in [2.75, 3.05) is 26.5 Å². The molecule has 0 radical (unpaired) electrons. The van der Waals surface area contributed by atoms with Crippen molar-refractivity contribution in [2.24, 2.45) is 0 Å². The van der Waals surface area contributed by atoms with Crippen molar-refractivity contribution in [3.63, 3.8) is 0 Å². The number of halogens is 1. The zero-order chi connectivity index (χ0) is 17.1. The normalized spacial score (nSPS) is 17.0. The Hall–Kier alpha value is -1.41. The molecule has 0 saturated carbocycles. The number of nitrogens with zero attached hydrogens (tertiary/aromatic N) is 1. The van der Waals surface area contributed by atoms with E-state index < -0.39 is 0 Å². The van der Waals surface area contributed by atoms with Gasteiger partial charge in [0, 0.05) is 21.4 Å². The van der Waals surface area contributed by atoms with Crippen LogP contribution in [0.4, 0.5) is 0 Å². The molecule has 2 aromatic rings. The molecule has 0 aliphatic carbocycles. The van der Waals surface area contributed by atoms with Crippen molar-refractivity contribution >= 4 is 40.3 Å². The Kier molecular flexibility index (Phi) is 5.55. The lowest BCUT2D eigenvalue weighted by molar-refractivity contribution is 0.0760. The Morgan fingerprint density at radius 3 is 2.50 bits per heavy atom. The smallest absolute Gasteiger partial charge is 0.255 e. The summed E-state index contributed by atoms with van der Waals surface area (Å²) in [7, 11) is 3.24. The number of amides is 1. The van der Waals surface area contributed by atoms with Crippen LogP contribution in [0.2, 0.25) is 0 Å². The molecule has 1 saturated heterocycles. The highest BCUT2D eigenvalue weighted by molar-refractivity contribution is 14.1. The van der Waals surface area contributed by atoms with Gasteiger partial charge in [-0.2, -0.15) is 0 Å². The van der Waals surface area contributed by atoms with Crippen molar-refractivity contribution in [3.8, 4) is 11.5 Å². The maximum atomic E-state index is 12.9. The number of methoxy groups -OCH3 is 2. The van der Waals surface area contributed by atoms with Crippen LogP contribution < -0.4 is 9.47 Å². The predicted octanol–water partition coefficient (Wildman–Crippen LogP) is 4.20. The minimum absolute atomic E-state index is 0.00316. The Balaban J connectivity index is 1.87. The minimum atomic E-state index is -0.00316. The van der Waals surface area contributed by atoms with E-state index in [4.69, 9.17) is 9.47 Å². The molecule has 0 bridgehead atoms. The molecule has 24 heavy (non-hydrogen) atoms. The zero-order valence-corrected chi connectivity index (χ0v) is 16.5. The fourth-order valence-electron chi connectivity index (χ4n) is 2.72. The van der Waals surface area contributed by atoms with Gasteiger partial charge < -0.3 is 14.4 Å². The van der Waals surface area contributed by atoms with Gasteiger partial charge in [-0.15, -0.1) is 11.8 Å². The summed E-state index contributed by atoms with van der Waals surface area (Å²) in [6.07, 6.45) is 0. The van der Waals surface area contributed by atoms with Crippen molar-refractivity contribution < 1.29 is 14.3 Å². The van der Waals surface area contributed by atoms with Gasteiger partial charge in [0.2, 0.25) is 0 Å². The van der Waals surface area contributed by atoms with Crippen LogP contribution in [0.15, 0.2) is 42.5 Å². The zero-order valence-electron chi connectivity index (χ0n) is 13.5. The van der Waals surface area contributed by atoms with Gasteiger partial charge in [-0.3, -0.25) is 4.79 Å². The van der Waals surface area contributed by atoms with Crippen LogP contribution in [-0.4, -0.2) is 37.3 Å². The monoisotopic (exact) mass is 455 g/mol. The van der Waals surface area contributed by atoms with Gasteiger partial charge in [0.15, 0.2) is 11.5 Å². The molecule has 1 fully saturated rings. The van der Waals surface area contributed by atoms with Gasteiger partial charge in [-0.05, 0) is 64.6 Å². The molecule has 1 aliphatic rings. The maximum Gasteiger partial charge on any atom is 0.255 e. The minimum Gasteiger partial charge on any atom is -0.493 e. The van der Waals surface area contributed by atoms with Crippen molar-refractivity contribution in [2.45, 2.75) is 5.37 Å². The number of ether oxygens (including phenoxy) is 2. The van der Waals surface area contributed by atoms with Crippen LogP contribution in [0.5, 0.6) is 11.5 Å². The Morgan fingerprint density at radius 1 is 1.12 bits per heavy atom. The molecule has 4 nitrogen and oxygen atoms in total. The first kappa shape index (κ1) is 17.4. The molecule has 0 N–H and O–H groups in total. The molecule has 1 unspecified atom stereocenters. The summed E-state index contributed by atoms with van der Waals surface area (Å²) < 4.78 is 11.8. The average molecular weight is 455 g/mol. The lowest BCUT2D eigenvalue weighted by Gasteiger charge is -2.25. The van der Waals surface area contributed by atoms with E-state index in [0.29, 0.717) is 11.5 Å². The van der Waals surface area contributed by atoms with Crippen molar-refractivity contribution in [3.05, 3.63) is 57.2 Å². The summed E-state index contributed by atoms with van der Waals surface area (Å²) in [6, 6.07) is 13.5. The van der Waals surface area contributed by atoms with Crippen LogP contribution in [0, 0.1) is 3.57 Å². The fraction of sp³-hybridized carbons (Fsp3) is 0.278. The summed E-state index contributed by atoms with van der Waals surface area (Å²) in [4.78, 5) is 14.8. The first-order valence-corrected chi connectivity index (χ1v) is 9.67. The number of carbonyl (C=O) groups excluding carboxylic acids is 1. The summed E-state index contributed by atoms with van der Waals surface area (Å²) in [5.41, 5.74) is 1.78. The van der Waals surface area contributed by atoms with E-state index in [0.717, 1.165) is 27.0 Å². The van der Waals surface area contributed by atoms with Crippen LogP contribution in [0.3, 0.4) is 0 Å². The third-order valence-corrected chi connectivity index (χ3v) is 5.92. The van der Waals surface area contributed by atoms with Crippen LogP contribution in [0.25, 0.3) is 0 Å². The molecule has 3 rings (SSSR count). The first-order valence-electron chi connectivity index (χ1n) is 7.54. The summed E-state index contributed by atoms with van der Waals surface area (Å²) in [5, 5.41) is -0.00316. The highest BCUT2D eigenvalue weighted by Crippen LogP contribution is 2.41. The molecule has 2 aromatic carbocycles. The standard InChI is InChI=1S/C18H18INO3S/c1-22-15-8-5-13(11-16(15)23-2)18-20(9-10-24-18)17(21)12-3-6-14(19)7-4-12/h3-8,11,18H,9-10H2,1-2H3. The number of rotatable bonds is 4. The lowest BCUT2D eigenvalue weighted by Crippen LogP contribution is -2.30. The first-order chi connectivity index (χ1) is 11.6.